The van der Waals surface area contributed by atoms with E-state index in [1.807, 2.05) is 26.0 Å². The maximum Gasteiger partial charge on any atom is 0.242 e. The molecule has 1 aliphatic rings. The molecule has 1 atom stereocenters. The van der Waals surface area contributed by atoms with Gasteiger partial charge in [-0.1, -0.05) is 19.8 Å². The van der Waals surface area contributed by atoms with Crippen LogP contribution in [0, 0.1) is 0 Å². The van der Waals surface area contributed by atoms with Crippen LogP contribution >= 0.6 is 0 Å². The molecule has 152 valence electrons. The van der Waals surface area contributed by atoms with Gasteiger partial charge < -0.3 is 19.0 Å². The van der Waals surface area contributed by atoms with Gasteiger partial charge in [-0.15, -0.1) is 0 Å². The van der Waals surface area contributed by atoms with Crippen molar-refractivity contribution >= 4 is 11.8 Å². The monoisotopic (exact) mass is 378 g/mol. The molecule has 0 N–H and O–H groups in total. The van der Waals surface area contributed by atoms with Crippen LogP contribution in [0.15, 0.2) is 22.8 Å². The Kier molecular flexibility index (Phi) is 8.85. The summed E-state index contributed by atoms with van der Waals surface area (Å²) < 4.78 is 11.1. The van der Waals surface area contributed by atoms with Crippen molar-refractivity contribution in [1.82, 2.24) is 9.80 Å². The van der Waals surface area contributed by atoms with Gasteiger partial charge >= 0.3 is 0 Å². The summed E-state index contributed by atoms with van der Waals surface area (Å²) in [6.07, 6.45) is 7.16. The van der Waals surface area contributed by atoms with E-state index in [0.29, 0.717) is 19.5 Å². The summed E-state index contributed by atoms with van der Waals surface area (Å²) in [5.41, 5.74) is 0. The number of carbonyl (C=O) groups is 2. The third-order valence-corrected chi connectivity index (χ3v) is 4.97. The van der Waals surface area contributed by atoms with Gasteiger partial charge in [-0.3, -0.25) is 9.59 Å². The lowest BCUT2D eigenvalue weighted by Crippen LogP contribution is -2.47. The van der Waals surface area contributed by atoms with Crippen LogP contribution in [-0.2, 0) is 20.9 Å². The number of hydrogen-bond acceptors (Lipinski definition) is 4. The number of rotatable bonds is 11. The molecular formula is C21H34N2O4. The lowest BCUT2D eigenvalue weighted by Gasteiger charge is -2.31. The average Bonchev–Trinajstić information content (AvgIpc) is 3.32. The Hall–Kier alpha value is -1.82. The highest BCUT2D eigenvalue weighted by molar-refractivity contribution is 5.85. The van der Waals surface area contributed by atoms with Gasteiger partial charge in [-0.2, -0.15) is 0 Å². The predicted octanol–water partition coefficient (Wildman–Crippen LogP) is 3.60. The number of unbranched alkanes of at least 4 members (excludes halogenated alkanes) is 2. The van der Waals surface area contributed by atoms with Gasteiger partial charge in [0.15, 0.2) is 0 Å². The van der Waals surface area contributed by atoms with E-state index in [2.05, 4.69) is 6.92 Å². The predicted molar refractivity (Wildman–Crippen MR) is 104 cm³/mol. The van der Waals surface area contributed by atoms with Crippen molar-refractivity contribution in [2.75, 3.05) is 19.7 Å². The summed E-state index contributed by atoms with van der Waals surface area (Å²) in [5, 5.41) is 0. The Labute approximate surface area is 162 Å². The molecule has 0 aromatic carbocycles. The van der Waals surface area contributed by atoms with Crippen LogP contribution < -0.4 is 0 Å². The van der Waals surface area contributed by atoms with E-state index >= 15 is 0 Å². The number of amides is 2. The summed E-state index contributed by atoms with van der Waals surface area (Å²) in [6, 6.07) is 3.68. The van der Waals surface area contributed by atoms with E-state index in [-0.39, 0.29) is 30.5 Å². The molecule has 0 bridgehead atoms. The zero-order chi connectivity index (χ0) is 19.6. The Morgan fingerprint density at radius 1 is 1.26 bits per heavy atom. The third-order valence-electron chi connectivity index (χ3n) is 4.97. The van der Waals surface area contributed by atoms with Crippen LogP contribution in [0.1, 0.15) is 65.1 Å². The van der Waals surface area contributed by atoms with Gasteiger partial charge in [0.05, 0.1) is 25.5 Å². The minimum atomic E-state index is -0.0561. The minimum Gasteiger partial charge on any atom is -0.467 e. The van der Waals surface area contributed by atoms with Crippen LogP contribution in [0.4, 0.5) is 0 Å². The largest absolute Gasteiger partial charge is 0.467 e. The quantitative estimate of drug-likeness (QED) is 0.552. The summed E-state index contributed by atoms with van der Waals surface area (Å²) in [5.74, 6) is 0.744. The fourth-order valence-electron chi connectivity index (χ4n) is 3.35. The molecule has 2 rings (SSSR count). The first-order valence-electron chi connectivity index (χ1n) is 10.2. The molecule has 0 radical (unpaired) electrons. The summed E-state index contributed by atoms with van der Waals surface area (Å²) in [6.45, 7) is 7.84. The molecule has 1 aromatic heterocycles. The topological polar surface area (TPSA) is 63.0 Å². The minimum absolute atomic E-state index is 0.00345. The first-order valence-corrected chi connectivity index (χ1v) is 10.2. The molecule has 6 nitrogen and oxygen atoms in total. The Morgan fingerprint density at radius 2 is 2.07 bits per heavy atom. The van der Waals surface area contributed by atoms with Gasteiger partial charge in [0.2, 0.25) is 11.8 Å². The highest BCUT2D eigenvalue weighted by Gasteiger charge is 2.27. The zero-order valence-corrected chi connectivity index (χ0v) is 17.0. The number of ether oxygens (including phenoxy) is 1. The Morgan fingerprint density at radius 3 is 2.67 bits per heavy atom. The van der Waals surface area contributed by atoms with E-state index < -0.39 is 0 Å². The molecule has 0 saturated carbocycles. The molecule has 0 unspecified atom stereocenters. The van der Waals surface area contributed by atoms with Crippen LogP contribution in [-0.4, -0.2) is 53.5 Å². The van der Waals surface area contributed by atoms with Gasteiger partial charge in [0.1, 0.15) is 5.76 Å². The highest BCUT2D eigenvalue weighted by atomic mass is 16.5. The van der Waals surface area contributed by atoms with Gasteiger partial charge in [0, 0.05) is 25.6 Å². The Balaban J connectivity index is 2.00. The second-order valence-electron chi connectivity index (χ2n) is 7.56. The first-order chi connectivity index (χ1) is 13.0. The van der Waals surface area contributed by atoms with Gasteiger partial charge in [0.25, 0.3) is 0 Å². The molecule has 1 aromatic rings. The van der Waals surface area contributed by atoms with E-state index in [1.165, 1.54) is 0 Å². The molecule has 6 heteroatoms. The summed E-state index contributed by atoms with van der Waals surface area (Å²) in [7, 11) is 0. The zero-order valence-electron chi connectivity index (χ0n) is 17.0. The van der Waals surface area contributed by atoms with Crippen LogP contribution in [0.2, 0.25) is 0 Å². The second kappa shape index (κ2) is 11.1. The van der Waals surface area contributed by atoms with E-state index in [1.54, 1.807) is 16.1 Å². The van der Waals surface area contributed by atoms with Crippen molar-refractivity contribution in [3.63, 3.8) is 0 Å². The maximum absolute atomic E-state index is 13.0. The van der Waals surface area contributed by atoms with Crippen LogP contribution in [0.3, 0.4) is 0 Å². The van der Waals surface area contributed by atoms with E-state index in [9.17, 15) is 9.59 Å². The first kappa shape index (κ1) is 21.5. The number of nitrogens with zero attached hydrogens (tertiary/aromatic N) is 2. The molecule has 2 amide bonds. The van der Waals surface area contributed by atoms with E-state index in [4.69, 9.17) is 9.15 Å². The molecular weight excluding hydrogens is 344 g/mol. The number of furan rings is 1. The van der Waals surface area contributed by atoms with Crippen molar-refractivity contribution in [3.8, 4) is 0 Å². The lowest BCUT2D eigenvalue weighted by atomic mass is 10.1. The molecule has 27 heavy (non-hydrogen) atoms. The molecule has 2 heterocycles. The molecule has 0 aliphatic carbocycles. The maximum atomic E-state index is 13.0. The van der Waals surface area contributed by atoms with Crippen molar-refractivity contribution in [3.05, 3.63) is 24.2 Å². The SMILES string of the molecule is CCCCCC(=O)N(CC(=O)N(Cc1ccco1)C[C@H]1CCCO1)C(C)C. The second-order valence-corrected chi connectivity index (χ2v) is 7.56. The third kappa shape index (κ3) is 7.01. The lowest BCUT2D eigenvalue weighted by molar-refractivity contribution is -0.143. The smallest absolute Gasteiger partial charge is 0.242 e. The number of hydrogen-bond donors (Lipinski definition) is 0. The van der Waals surface area contributed by atoms with Crippen molar-refractivity contribution in [2.45, 2.75) is 78.0 Å². The van der Waals surface area contributed by atoms with E-state index in [0.717, 1.165) is 44.5 Å². The summed E-state index contributed by atoms with van der Waals surface area (Å²) >= 11 is 0. The Bertz CT molecular complexity index is 565. The highest BCUT2D eigenvalue weighted by Crippen LogP contribution is 2.16. The van der Waals surface area contributed by atoms with Crippen molar-refractivity contribution in [1.29, 1.82) is 0 Å². The fourth-order valence-corrected chi connectivity index (χ4v) is 3.35. The molecule has 1 fully saturated rings. The summed E-state index contributed by atoms with van der Waals surface area (Å²) in [4.78, 5) is 29.1. The van der Waals surface area contributed by atoms with Crippen molar-refractivity contribution < 1.29 is 18.7 Å². The van der Waals surface area contributed by atoms with Gasteiger partial charge in [-0.25, -0.2) is 0 Å². The van der Waals surface area contributed by atoms with Crippen molar-refractivity contribution in [2.24, 2.45) is 0 Å². The molecule has 1 aliphatic heterocycles. The number of carbonyl (C=O) groups excluding carboxylic acids is 2. The fraction of sp³-hybridized carbons (Fsp3) is 0.714. The molecule has 1 saturated heterocycles. The standard InChI is InChI=1S/C21H34N2O4/c1-4-5-6-11-20(24)23(17(2)3)16-21(25)22(14-18-9-7-12-26-18)15-19-10-8-13-27-19/h7,9,12,17,19H,4-6,8,10-11,13-16H2,1-3H3/t19-/m1/s1. The van der Waals surface area contributed by atoms with Crippen LogP contribution in [0.25, 0.3) is 0 Å². The average molecular weight is 379 g/mol. The van der Waals surface area contributed by atoms with Crippen LogP contribution in [0.5, 0.6) is 0 Å². The van der Waals surface area contributed by atoms with Gasteiger partial charge in [-0.05, 0) is 45.2 Å². The normalized spacial score (nSPS) is 16.7. The molecule has 0 spiro atoms.